The maximum Gasteiger partial charge on any atom is 0.0430 e. The molecule has 0 bridgehead atoms. The van der Waals surface area contributed by atoms with E-state index in [4.69, 9.17) is 0 Å². The predicted octanol–water partition coefficient (Wildman–Crippen LogP) is 10.7. The summed E-state index contributed by atoms with van der Waals surface area (Å²) in [6, 6.07) is 35.7. The second kappa shape index (κ2) is 11.4. The van der Waals surface area contributed by atoms with Gasteiger partial charge in [-0.3, -0.25) is 0 Å². The van der Waals surface area contributed by atoms with Crippen molar-refractivity contribution in [1.82, 2.24) is 0 Å². The Hall–Kier alpha value is -4.56. The fourth-order valence-electron chi connectivity index (χ4n) is 6.72. The maximum absolute atomic E-state index is 3.88. The van der Waals surface area contributed by atoms with Crippen LogP contribution in [-0.2, 0) is 13.1 Å². The molecule has 2 nitrogen and oxygen atoms in total. The zero-order chi connectivity index (χ0) is 29.4. The van der Waals surface area contributed by atoms with Crippen LogP contribution >= 0.6 is 0 Å². The van der Waals surface area contributed by atoms with Crippen molar-refractivity contribution in [3.63, 3.8) is 0 Å². The van der Waals surface area contributed by atoms with E-state index in [0.717, 1.165) is 24.5 Å². The molecule has 0 saturated carbocycles. The topological polar surface area (TPSA) is 24.1 Å². The molecule has 0 radical (unpaired) electrons. The second-order valence-electron chi connectivity index (χ2n) is 11.9. The minimum absolute atomic E-state index is 0.776. The van der Waals surface area contributed by atoms with Crippen LogP contribution in [-0.4, -0.2) is 0 Å². The fourth-order valence-corrected chi connectivity index (χ4v) is 6.72. The van der Waals surface area contributed by atoms with Crippen LogP contribution in [0, 0.1) is 41.5 Å². The Morgan fingerprint density at radius 2 is 0.786 bits per heavy atom. The van der Waals surface area contributed by atoms with E-state index in [2.05, 4.69) is 149 Å². The summed E-state index contributed by atoms with van der Waals surface area (Å²) < 4.78 is 0. The van der Waals surface area contributed by atoms with Gasteiger partial charge >= 0.3 is 0 Å². The highest BCUT2D eigenvalue weighted by atomic mass is 14.9. The van der Waals surface area contributed by atoms with Gasteiger partial charge in [-0.1, -0.05) is 96.1 Å². The highest BCUT2D eigenvalue weighted by molar-refractivity contribution is 6.13. The number of rotatable bonds is 7. The largest absolute Gasteiger partial charge is 0.380 e. The summed E-state index contributed by atoms with van der Waals surface area (Å²) in [5, 5.41) is 12.8. The normalized spacial score (nSPS) is 11.3. The lowest BCUT2D eigenvalue weighted by atomic mass is 9.90. The SMILES string of the molecule is Cc1cc(C)c(CNc2ccc3ccccc3c2-c2c(NCc3c(C)cc(C)cc3C)ccc3ccccc23)c(C)c1. The number of anilines is 2. The first-order valence-corrected chi connectivity index (χ1v) is 14.9. The van der Waals surface area contributed by atoms with E-state index < -0.39 is 0 Å². The minimum Gasteiger partial charge on any atom is -0.380 e. The summed E-state index contributed by atoms with van der Waals surface area (Å²) in [6.07, 6.45) is 0. The van der Waals surface area contributed by atoms with Crippen molar-refractivity contribution in [2.24, 2.45) is 0 Å². The van der Waals surface area contributed by atoms with Crippen molar-refractivity contribution in [2.45, 2.75) is 54.6 Å². The lowest BCUT2D eigenvalue weighted by Gasteiger charge is -2.22. The van der Waals surface area contributed by atoms with E-state index in [0.29, 0.717) is 0 Å². The van der Waals surface area contributed by atoms with Gasteiger partial charge in [-0.2, -0.15) is 0 Å². The third kappa shape index (κ3) is 5.25. The molecule has 0 amide bonds. The maximum atomic E-state index is 3.88. The van der Waals surface area contributed by atoms with Crippen molar-refractivity contribution in [3.05, 3.63) is 142 Å². The average molecular weight is 549 g/mol. The molecule has 2 heteroatoms. The molecule has 0 aliphatic carbocycles. The lowest BCUT2D eigenvalue weighted by molar-refractivity contribution is 1.08. The first kappa shape index (κ1) is 27.6. The van der Waals surface area contributed by atoms with Crippen LogP contribution < -0.4 is 10.6 Å². The van der Waals surface area contributed by atoms with Crippen LogP contribution in [0.15, 0.2) is 97.1 Å². The highest BCUT2D eigenvalue weighted by Crippen LogP contribution is 2.44. The monoisotopic (exact) mass is 548 g/mol. The Labute approximate surface area is 250 Å². The molecule has 210 valence electrons. The van der Waals surface area contributed by atoms with Gasteiger partial charge in [0.1, 0.15) is 0 Å². The van der Waals surface area contributed by atoms with E-state index in [1.807, 2.05) is 0 Å². The van der Waals surface area contributed by atoms with Gasteiger partial charge in [0.05, 0.1) is 0 Å². The van der Waals surface area contributed by atoms with Crippen molar-refractivity contribution < 1.29 is 0 Å². The number of fused-ring (bicyclic) bond motifs is 2. The Morgan fingerprint density at radius 3 is 1.17 bits per heavy atom. The van der Waals surface area contributed by atoms with Gasteiger partial charge in [-0.15, -0.1) is 0 Å². The molecule has 0 aliphatic rings. The van der Waals surface area contributed by atoms with Crippen LogP contribution in [0.2, 0.25) is 0 Å². The molecule has 42 heavy (non-hydrogen) atoms. The molecule has 0 aromatic heterocycles. The Bertz CT molecular complexity index is 1760. The summed E-state index contributed by atoms with van der Waals surface area (Å²) in [5.41, 5.74) is 15.5. The van der Waals surface area contributed by atoms with Gasteiger partial charge in [0.2, 0.25) is 0 Å². The zero-order valence-corrected chi connectivity index (χ0v) is 25.7. The number of hydrogen-bond donors (Lipinski definition) is 2. The lowest BCUT2D eigenvalue weighted by Crippen LogP contribution is -2.08. The predicted molar refractivity (Wildman–Crippen MR) is 183 cm³/mol. The van der Waals surface area contributed by atoms with Crippen molar-refractivity contribution in [1.29, 1.82) is 0 Å². The highest BCUT2D eigenvalue weighted by Gasteiger charge is 2.18. The van der Waals surface area contributed by atoms with Crippen LogP contribution in [0.1, 0.15) is 44.5 Å². The molecule has 0 aliphatic heterocycles. The summed E-state index contributed by atoms with van der Waals surface area (Å²) in [6.45, 7) is 14.8. The average Bonchev–Trinajstić information content (AvgIpc) is 2.96. The van der Waals surface area contributed by atoms with Crippen LogP contribution in [0.25, 0.3) is 32.7 Å². The van der Waals surface area contributed by atoms with Gasteiger partial charge in [-0.05, 0) is 109 Å². The number of benzene rings is 6. The molecule has 2 N–H and O–H groups in total. The quantitative estimate of drug-likeness (QED) is 0.207. The molecule has 6 aromatic carbocycles. The minimum atomic E-state index is 0.776. The van der Waals surface area contributed by atoms with Gasteiger partial charge in [-0.25, -0.2) is 0 Å². The van der Waals surface area contributed by atoms with Gasteiger partial charge in [0.25, 0.3) is 0 Å². The van der Waals surface area contributed by atoms with Crippen molar-refractivity contribution in [2.75, 3.05) is 10.6 Å². The molecule has 6 rings (SSSR count). The van der Waals surface area contributed by atoms with Crippen LogP contribution in [0.4, 0.5) is 11.4 Å². The number of nitrogens with one attached hydrogen (secondary N) is 2. The summed E-state index contributed by atoms with van der Waals surface area (Å²) >= 11 is 0. The first-order chi connectivity index (χ1) is 20.3. The molecular weight excluding hydrogens is 508 g/mol. The smallest absolute Gasteiger partial charge is 0.0430 e. The molecule has 0 fully saturated rings. The Kier molecular flexibility index (Phi) is 7.47. The van der Waals surface area contributed by atoms with Crippen molar-refractivity contribution >= 4 is 32.9 Å². The second-order valence-corrected chi connectivity index (χ2v) is 11.9. The van der Waals surface area contributed by atoms with Gasteiger partial charge in [0.15, 0.2) is 0 Å². The molecule has 0 unspecified atom stereocenters. The fraction of sp³-hybridized carbons (Fsp3) is 0.200. The molecule has 6 aromatic rings. The van der Waals surface area contributed by atoms with E-state index in [-0.39, 0.29) is 0 Å². The molecule has 0 atom stereocenters. The van der Waals surface area contributed by atoms with Gasteiger partial charge < -0.3 is 10.6 Å². The first-order valence-electron chi connectivity index (χ1n) is 14.9. The van der Waals surface area contributed by atoms with E-state index in [1.165, 1.54) is 77.2 Å². The van der Waals surface area contributed by atoms with Crippen LogP contribution in [0.3, 0.4) is 0 Å². The Balaban J connectivity index is 1.52. The molecular formula is C40H40N2. The summed E-state index contributed by atoms with van der Waals surface area (Å²) in [7, 11) is 0. The van der Waals surface area contributed by atoms with Crippen molar-refractivity contribution in [3.8, 4) is 11.1 Å². The van der Waals surface area contributed by atoms with E-state index in [1.54, 1.807) is 0 Å². The van der Waals surface area contributed by atoms with E-state index >= 15 is 0 Å². The summed E-state index contributed by atoms with van der Waals surface area (Å²) in [4.78, 5) is 0. The molecule has 0 spiro atoms. The van der Waals surface area contributed by atoms with E-state index in [9.17, 15) is 0 Å². The third-order valence-electron chi connectivity index (χ3n) is 8.70. The third-order valence-corrected chi connectivity index (χ3v) is 8.70. The zero-order valence-electron chi connectivity index (χ0n) is 25.7. The van der Waals surface area contributed by atoms with Gasteiger partial charge in [0, 0.05) is 35.6 Å². The van der Waals surface area contributed by atoms with Crippen LogP contribution in [0.5, 0.6) is 0 Å². The molecule has 0 saturated heterocycles. The Morgan fingerprint density at radius 1 is 0.429 bits per heavy atom. The summed E-state index contributed by atoms with van der Waals surface area (Å²) in [5.74, 6) is 0. The number of aryl methyl sites for hydroxylation is 6. The molecule has 0 heterocycles. The standard InChI is InChI=1S/C40H40N2/c1-25-19-27(3)35(28(4)20-25)23-41-37-17-15-31-11-7-9-13-33(31)39(37)40-34-14-10-8-12-32(34)16-18-38(40)42-24-36-29(5)21-26(2)22-30(36)6/h7-22,41-42H,23-24H2,1-6H3. The number of hydrogen-bond acceptors (Lipinski definition) is 2.